The highest BCUT2D eigenvalue weighted by atomic mass is 35.5. The third-order valence-electron chi connectivity index (χ3n) is 2.89. The number of halogens is 1. The highest BCUT2D eigenvalue weighted by Gasteiger charge is 2.14. The van der Waals surface area contributed by atoms with Crippen LogP contribution in [0.15, 0.2) is 28.9 Å². The number of nitrogens with zero attached hydrogens (tertiary/aromatic N) is 2. The SMILES string of the molecule is Cc1ccccc1CNCCNC(=O)c1nonc1N.[Cl-]. The van der Waals surface area contributed by atoms with Crippen LogP contribution in [0.5, 0.6) is 0 Å². The average molecular weight is 311 g/mol. The molecule has 2 aromatic rings. The summed E-state index contributed by atoms with van der Waals surface area (Å²) >= 11 is 0. The maximum atomic E-state index is 11.6. The number of nitrogen functional groups attached to an aromatic ring is 1. The molecule has 0 aliphatic carbocycles. The largest absolute Gasteiger partial charge is 1.00 e. The molecule has 1 heterocycles. The number of aryl methyl sites for hydroxylation is 1. The quantitative estimate of drug-likeness (QED) is 0.509. The summed E-state index contributed by atoms with van der Waals surface area (Å²) in [4.78, 5) is 11.6. The molecular formula is C13H17ClN5O2-. The van der Waals surface area contributed by atoms with E-state index in [-0.39, 0.29) is 29.8 Å². The summed E-state index contributed by atoms with van der Waals surface area (Å²) < 4.78 is 4.36. The van der Waals surface area contributed by atoms with Crippen molar-refractivity contribution >= 4 is 11.7 Å². The zero-order valence-corrected chi connectivity index (χ0v) is 12.4. The zero-order chi connectivity index (χ0) is 14.4. The highest BCUT2D eigenvalue weighted by Crippen LogP contribution is 2.05. The van der Waals surface area contributed by atoms with Crippen molar-refractivity contribution in [3.63, 3.8) is 0 Å². The molecule has 0 atom stereocenters. The first-order valence-corrected chi connectivity index (χ1v) is 6.30. The van der Waals surface area contributed by atoms with Crippen LogP contribution in [0, 0.1) is 6.92 Å². The summed E-state index contributed by atoms with van der Waals surface area (Å²) in [7, 11) is 0. The number of aromatic nitrogens is 2. The number of carbonyl (C=O) groups is 1. The van der Waals surface area contributed by atoms with Crippen LogP contribution in [-0.4, -0.2) is 29.3 Å². The summed E-state index contributed by atoms with van der Waals surface area (Å²) in [5.74, 6) is -0.392. The predicted molar refractivity (Wildman–Crippen MR) is 73.9 cm³/mol. The Kier molecular flexibility index (Phi) is 6.64. The maximum absolute atomic E-state index is 11.6. The van der Waals surface area contributed by atoms with Gasteiger partial charge in [0.25, 0.3) is 5.91 Å². The number of nitrogens with one attached hydrogen (secondary N) is 2. The van der Waals surface area contributed by atoms with Gasteiger partial charge in [-0.25, -0.2) is 4.63 Å². The van der Waals surface area contributed by atoms with E-state index in [0.29, 0.717) is 13.1 Å². The van der Waals surface area contributed by atoms with Crippen molar-refractivity contribution in [2.45, 2.75) is 13.5 Å². The van der Waals surface area contributed by atoms with Gasteiger partial charge in [0.15, 0.2) is 0 Å². The van der Waals surface area contributed by atoms with E-state index in [1.165, 1.54) is 11.1 Å². The number of amides is 1. The Hall–Kier alpha value is -2.12. The van der Waals surface area contributed by atoms with Gasteiger partial charge < -0.3 is 28.8 Å². The lowest BCUT2D eigenvalue weighted by Gasteiger charge is -2.08. The van der Waals surface area contributed by atoms with Gasteiger partial charge in [-0.1, -0.05) is 24.3 Å². The van der Waals surface area contributed by atoms with Gasteiger partial charge in [0.1, 0.15) is 0 Å². The Morgan fingerprint density at radius 3 is 2.71 bits per heavy atom. The fraction of sp³-hybridized carbons (Fsp3) is 0.308. The minimum atomic E-state index is -0.388. The van der Waals surface area contributed by atoms with Crippen LogP contribution in [0.25, 0.3) is 0 Å². The second-order valence-corrected chi connectivity index (χ2v) is 4.36. The number of benzene rings is 1. The van der Waals surface area contributed by atoms with Crippen LogP contribution in [0.1, 0.15) is 21.6 Å². The van der Waals surface area contributed by atoms with Crippen LogP contribution in [0.3, 0.4) is 0 Å². The molecule has 1 amide bonds. The zero-order valence-electron chi connectivity index (χ0n) is 11.6. The van der Waals surface area contributed by atoms with Crippen molar-refractivity contribution in [1.29, 1.82) is 0 Å². The first-order chi connectivity index (χ1) is 9.68. The third-order valence-corrected chi connectivity index (χ3v) is 2.89. The van der Waals surface area contributed by atoms with Crippen LogP contribution in [-0.2, 0) is 6.54 Å². The minimum absolute atomic E-state index is 0. The van der Waals surface area contributed by atoms with E-state index >= 15 is 0 Å². The monoisotopic (exact) mass is 310 g/mol. The maximum Gasteiger partial charge on any atom is 0.277 e. The lowest BCUT2D eigenvalue weighted by atomic mass is 10.1. The van der Waals surface area contributed by atoms with Crippen molar-refractivity contribution in [3.05, 3.63) is 41.1 Å². The number of carbonyl (C=O) groups excluding carboxylic acids is 1. The number of nitrogens with two attached hydrogens (primary N) is 1. The van der Waals surface area contributed by atoms with E-state index in [4.69, 9.17) is 5.73 Å². The van der Waals surface area contributed by atoms with E-state index < -0.39 is 0 Å². The van der Waals surface area contributed by atoms with Gasteiger partial charge in [-0.15, -0.1) is 0 Å². The summed E-state index contributed by atoms with van der Waals surface area (Å²) in [6, 6.07) is 8.16. The topological polar surface area (TPSA) is 106 Å². The second kappa shape index (κ2) is 8.23. The molecule has 0 radical (unpaired) electrons. The fourth-order valence-corrected chi connectivity index (χ4v) is 1.73. The first kappa shape index (κ1) is 16.9. The van der Waals surface area contributed by atoms with Crippen molar-refractivity contribution in [3.8, 4) is 0 Å². The Morgan fingerprint density at radius 1 is 1.29 bits per heavy atom. The molecule has 0 bridgehead atoms. The predicted octanol–water partition coefficient (Wildman–Crippen LogP) is -2.52. The molecule has 4 N–H and O–H groups in total. The van der Waals surface area contributed by atoms with E-state index in [1.807, 2.05) is 12.1 Å². The molecule has 114 valence electrons. The van der Waals surface area contributed by atoms with E-state index in [0.717, 1.165) is 6.54 Å². The van der Waals surface area contributed by atoms with Crippen LogP contribution < -0.4 is 28.8 Å². The van der Waals surface area contributed by atoms with E-state index in [1.54, 1.807) is 0 Å². The normalized spacial score (nSPS) is 9.95. The van der Waals surface area contributed by atoms with Gasteiger partial charge in [0.05, 0.1) is 0 Å². The van der Waals surface area contributed by atoms with Crippen molar-refractivity contribution in [2.24, 2.45) is 0 Å². The lowest BCUT2D eigenvalue weighted by molar-refractivity contribution is -0.0000131. The Bertz CT molecular complexity index is 587. The molecule has 2 rings (SSSR count). The minimum Gasteiger partial charge on any atom is -1.00 e. The summed E-state index contributed by atoms with van der Waals surface area (Å²) in [6.07, 6.45) is 0. The van der Waals surface area contributed by atoms with Crippen LogP contribution in [0.2, 0.25) is 0 Å². The lowest BCUT2D eigenvalue weighted by Crippen LogP contribution is -3.00. The molecule has 0 aliphatic heterocycles. The molecule has 0 fully saturated rings. The molecule has 0 spiro atoms. The smallest absolute Gasteiger partial charge is 0.277 e. The molecule has 0 aliphatic rings. The molecule has 1 aromatic heterocycles. The molecule has 0 saturated heterocycles. The second-order valence-electron chi connectivity index (χ2n) is 4.36. The van der Waals surface area contributed by atoms with E-state index in [9.17, 15) is 4.79 Å². The highest BCUT2D eigenvalue weighted by molar-refractivity contribution is 5.95. The van der Waals surface area contributed by atoms with Crippen LogP contribution in [0.4, 0.5) is 5.82 Å². The summed E-state index contributed by atoms with van der Waals surface area (Å²) in [5.41, 5.74) is 7.92. The molecular weight excluding hydrogens is 294 g/mol. The van der Waals surface area contributed by atoms with E-state index in [2.05, 4.69) is 44.6 Å². The summed E-state index contributed by atoms with van der Waals surface area (Å²) in [5, 5.41) is 12.7. The van der Waals surface area contributed by atoms with Gasteiger partial charge in [-0.3, -0.25) is 4.79 Å². The van der Waals surface area contributed by atoms with Crippen molar-refractivity contribution in [2.75, 3.05) is 18.8 Å². The van der Waals surface area contributed by atoms with Crippen molar-refractivity contribution in [1.82, 2.24) is 20.9 Å². The summed E-state index contributed by atoms with van der Waals surface area (Å²) in [6.45, 7) is 3.94. The average Bonchev–Trinajstić information content (AvgIpc) is 2.86. The molecule has 1 aromatic carbocycles. The van der Waals surface area contributed by atoms with Gasteiger partial charge in [-0.05, 0) is 28.4 Å². The van der Waals surface area contributed by atoms with Gasteiger partial charge in [0.2, 0.25) is 11.5 Å². The number of hydrogen-bond acceptors (Lipinski definition) is 6. The van der Waals surface area contributed by atoms with Crippen LogP contribution >= 0.6 is 0 Å². The molecule has 0 saturated carbocycles. The Labute approximate surface area is 128 Å². The Morgan fingerprint density at radius 2 is 2.05 bits per heavy atom. The standard InChI is InChI=1S/C13H17N5O2.ClH/c1-9-4-2-3-5-10(9)8-15-6-7-16-13(19)11-12(14)18-20-17-11;/h2-5,15H,6-8H2,1H3,(H2,14,18)(H,16,19);1H/p-1. The first-order valence-electron chi connectivity index (χ1n) is 6.30. The molecule has 21 heavy (non-hydrogen) atoms. The van der Waals surface area contributed by atoms with Crippen molar-refractivity contribution < 1.29 is 21.8 Å². The third kappa shape index (κ3) is 4.73. The number of hydrogen-bond donors (Lipinski definition) is 3. The number of rotatable bonds is 6. The number of anilines is 1. The molecule has 0 unspecified atom stereocenters. The molecule has 7 nitrogen and oxygen atoms in total. The van der Waals surface area contributed by atoms with Gasteiger partial charge in [0, 0.05) is 19.6 Å². The Balaban J connectivity index is 0.00000220. The van der Waals surface area contributed by atoms with Gasteiger partial charge >= 0.3 is 0 Å². The van der Waals surface area contributed by atoms with Gasteiger partial charge in [-0.2, -0.15) is 0 Å². The fourth-order valence-electron chi connectivity index (χ4n) is 1.73. The molecule has 8 heteroatoms.